The van der Waals surface area contributed by atoms with Crippen molar-refractivity contribution in [2.45, 2.75) is 25.6 Å². The predicted octanol–water partition coefficient (Wildman–Crippen LogP) is 3.17. The number of methoxy groups -OCH3 is 1. The van der Waals surface area contributed by atoms with Gasteiger partial charge in [-0.1, -0.05) is 30.3 Å². The van der Waals surface area contributed by atoms with E-state index in [1.165, 1.54) is 0 Å². The second-order valence-corrected chi connectivity index (χ2v) is 6.93. The van der Waals surface area contributed by atoms with Crippen LogP contribution in [0, 0.1) is 0 Å². The van der Waals surface area contributed by atoms with Gasteiger partial charge in [0.1, 0.15) is 13.2 Å². The molecule has 2 N–H and O–H groups in total. The minimum atomic E-state index is -0.626. The Hall–Kier alpha value is -3.06. The number of rotatable bonds is 7. The third-order valence-electron chi connectivity index (χ3n) is 4.90. The Kier molecular flexibility index (Phi) is 7.47. The number of alkyl carbamates (subject to hydrolysis) is 1. The van der Waals surface area contributed by atoms with E-state index < -0.39 is 6.09 Å². The van der Waals surface area contributed by atoms with Gasteiger partial charge in [0.15, 0.2) is 0 Å². The van der Waals surface area contributed by atoms with Gasteiger partial charge < -0.3 is 25.0 Å². The maximum Gasteiger partial charge on any atom is 0.407 e. The van der Waals surface area contributed by atoms with Crippen LogP contribution in [0.2, 0.25) is 0 Å². The van der Waals surface area contributed by atoms with E-state index in [4.69, 9.17) is 9.47 Å². The van der Waals surface area contributed by atoms with Gasteiger partial charge >= 0.3 is 6.09 Å². The van der Waals surface area contributed by atoms with Crippen molar-refractivity contribution in [3.05, 3.63) is 60.2 Å². The molecule has 0 atom stereocenters. The Labute approximate surface area is 171 Å². The van der Waals surface area contributed by atoms with E-state index in [0.717, 1.165) is 37.2 Å². The lowest BCUT2D eigenvalue weighted by molar-refractivity contribution is -0.115. The number of nitrogens with one attached hydrogen (secondary N) is 2. The summed E-state index contributed by atoms with van der Waals surface area (Å²) in [5.74, 6) is -0.310. The van der Waals surface area contributed by atoms with Crippen LogP contribution >= 0.6 is 0 Å². The minimum Gasteiger partial charge on any atom is -0.445 e. The first-order chi connectivity index (χ1) is 14.1. The normalized spacial score (nSPS) is 14.3. The summed E-state index contributed by atoms with van der Waals surface area (Å²) in [5.41, 5.74) is 2.70. The fourth-order valence-electron chi connectivity index (χ4n) is 3.24. The largest absolute Gasteiger partial charge is 0.445 e. The summed E-state index contributed by atoms with van der Waals surface area (Å²) in [6, 6.07) is 17.1. The third-order valence-corrected chi connectivity index (χ3v) is 4.90. The average molecular weight is 397 g/mol. The van der Waals surface area contributed by atoms with Crippen LogP contribution in [0.1, 0.15) is 18.4 Å². The molecule has 1 heterocycles. The maximum atomic E-state index is 12.0. The number of carbonyl (C=O) groups excluding carboxylic acids is 2. The van der Waals surface area contributed by atoms with Crippen LogP contribution in [0.25, 0.3) is 0 Å². The second-order valence-electron chi connectivity index (χ2n) is 6.93. The van der Waals surface area contributed by atoms with Crippen LogP contribution < -0.4 is 15.5 Å². The highest BCUT2D eigenvalue weighted by Crippen LogP contribution is 2.22. The van der Waals surface area contributed by atoms with Crippen LogP contribution in [0.15, 0.2) is 54.6 Å². The molecular formula is C22H27N3O4. The fourth-order valence-corrected chi connectivity index (χ4v) is 3.24. The lowest BCUT2D eigenvalue weighted by atomic mass is 10.1. The zero-order valence-corrected chi connectivity index (χ0v) is 16.6. The van der Waals surface area contributed by atoms with Gasteiger partial charge in [-0.2, -0.15) is 0 Å². The highest BCUT2D eigenvalue weighted by molar-refractivity contribution is 5.94. The molecule has 0 spiro atoms. The number of hydrogen-bond acceptors (Lipinski definition) is 5. The summed E-state index contributed by atoms with van der Waals surface area (Å²) >= 11 is 0. The van der Waals surface area contributed by atoms with E-state index in [2.05, 4.69) is 15.5 Å². The highest BCUT2D eigenvalue weighted by atomic mass is 16.5. The van der Waals surface area contributed by atoms with Crippen molar-refractivity contribution in [3.63, 3.8) is 0 Å². The minimum absolute atomic E-state index is 0.153. The smallest absolute Gasteiger partial charge is 0.407 e. The maximum absolute atomic E-state index is 12.0. The molecule has 1 fully saturated rings. The third kappa shape index (κ3) is 6.50. The van der Waals surface area contributed by atoms with E-state index in [9.17, 15) is 9.59 Å². The van der Waals surface area contributed by atoms with Gasteiger partial charge in [0.2, 0.25) is 5.91 Å². The number of piperidine rings is 1. The Morgan fingerprint density at radius 3 is 2.38 bits per heavy atom. The van der Waals surface area contributed by atoms with Crippen LogP contribution in [0.5, 0.6) is 0 Å². The molecule has 1 aliphatic heterocycles. The number of carbonyl (C=O) groups is 2. The summed E-state index contributed by atoms with van der Waals surface area (Å²) in [6.45, 7) is 1.93. The molecule has 7 nitrogen and oxygen atoms in total. The number of hydrogen-bond donors (Lipinski definition) is 2. The quantitative estimate of drug-likeness (QED) is 0.750. The summed E-state index contributed by atoms with van der Waals surface area (Å²) in [5, 5.41) is 5.22. The second kappa shape index (κ2) is 10.5. The number of ether oxygens (including phenoxy) is 2. The summed E-state index contributed by atoms with van der Waals surface area (Å²) in [7, 11) is 1.76. The molecule has 0 saturated carbocycles. The number of anilines is 2. The zero-order valence-electron chi connectivity index (χ0n) is 16.6. The van der Waals surface area contributed by atoms with Crippen molar-refractivity contribution in [1.82, 2.24) is 5.32 Å². The number of amides is 2. The zero-order chi connectivity index (χ0) is 20.5. The van der Waals surface area contributed by atoms with Crippen LogP contribution in [0.4, 0.5) is 16.2 Å². The molecule has 2 aromatic carbocycles. The Bertz CT molecular complexity index is 787. The summed E-state index contributed by atoms with van der Waals surface area (Å²) in [6.07, 6.45) is 1.75. The van der Waals surface area contributed by atoms with Crippen molar-refractivity contribution >= 4 is 23.4 Å². The Morgan fingerprint density at radius 2 is 1.72 bits per heavy atom. The Morgan fingerprint density at radius 1 is 1.03 bits per heavy atom. The van der Waals surface area contributed by atoms with Crippen molar-refractivity contribution in [1.29, 1.82) is 0 Å². The van der Waals surface area contributed by atoms with Gasteiger partial charge in [0, 0.05) is 31.6 Å². The first-order valence-electron chi connectivity index (χ1n) is 9.76. The molecule has 7 heteroatoms. The van der Waals surface area contributed by atoms with Crippen molar-refractivity contribution < 1.29 is 19.1 Å². The summed E-state index contributed by atoms with van der Waals surface area (Å²) < 4.78 is 10.5. The van der Waals surface area contributed by atoms with Crippen molar-refractivity contribution in [3.8, 4) is 0 Å². The number of nitrogens with zero attached hydrogens (tertiary/aromatic N) is 1. The highest BCUT2D eigenvalue weighted by Gasteiger charge is 2.18. The van der Waals surface area contributed by atoms with E-state index in [1.54, 1.807) is 7.11 Å². The average Bonchev–Trinajstić information content (AvgIpc) is 2.77. The molecule has 0 bridgehead atoms. The molecule has 2 aromatic rings. The molecule has 2 amide bonds. The standard InChI is InChI=1S/C22H27N3O4/c1-28-20-11-13-25(14-12-20)19-9-7-18(8-10-19)24-21(26)15-23-22(27)29-16-17-5-3-2-4-6-17/h2-10,20H,11-16H2,1H3,(H,23,27)(H,24,26). The van der Waals surface area contributed by atoms with Crippen LogP contribution in [-0.2, 0) is 20.9 Å². The first-order valence-corrected chi connectivity index (χ1v) is 9.76. The fraction of sp³-hybridized carbons (Fsp3) is 0.364. The molecule has 1 aliphatic rings. The molecule has 0 aromatic heterocycles. The molecule has 29 heavy (non-hydrogen) atoms. The molecule has 0 aliphatic carbocycles. The molecule has 0 radical (unpaired) electrons. The van der Waals surface area contributed by atoms with E-state index in [0.29, 0.717) is 11.8 Å². The molecule has 0 unspecified atom stereocenters. The van der Waals surface area contributed by atoms with Crippen LogP contribution in [0.3, 0.4) is 0 Å². The topological polar surface area (TPSA) is 79.9 Å². The lowest BCUT2D eigenvalue weighted by Crippen LogP contribution is -2.36. The predicted molar refractivity (Wildman–Crippen MR) is 112 cm³/mol. The van der Waals surface area contributed by atoms with E-state index in [1.807, 2.05) is 54.6 Å². The van der Waals surface area contributed by atoms with Crippen molar-refractivity contribution in [2.75, 3.05) is 37.0 Å². The van der Waals surface area contributed by atoms with Gasteiger partial charge in [-0.25, -0.2) is 4.79 Å². The van der Waals surface area contributed by atoms with Gasteiger partial charge in [-0.3, -0.25) is 4.79 Å². The SMILES string of the molecule is COC1CCN(c2ccc(NC(=O)CNC(=O)OCc3ccccc3)cc2)CC1. The molecule has 3 rings (SSSR count). The van der Waals surface area contributed by atoms with E-state index in [-0.39, 0.29) is 19.1 Å². The van der Waals surface area contributed by atoms with Gasteiger partial charge in [-0.15, -0.1) is 0 Å². The Balaban J connectivity index is 1.38. The number of benzene rings is 2. The van der Waals surface area contributed by atoms with Gasteiger partial charge in [-0.05, 0) is 42.7 Å². The molecule has 154 valence electrons. The summed E-state index contributed by atoms with van der Waals surface area (Å²) in [4.78, 5) is 26.1. The van der Waals surface area contributed by atoms with E-state index >= 15 is 0 Å². The molecular weight excluding hydrogens is 370 g/mol. The lowest BCUT2D eigenvalue weighted by Gasteiger charge is -2.33. The van der Waals surface area contributed by atoms with Gasteiger partial charge in [0.25, 0.3) is 0 Å². The first kappa shape index (κ1) is 20.7. The van der Waals surface area contributed by atoms with Crippen molar-refractivity contribution in [2.24, 2.45) is 0 Å². The monoisotopic (exact) mass is 397 g/mol. The molecule has 1 saturated heterocycles. The van der Waals surface area contributed by atoms with Gasteiger partial charge in [0.05, 0.1) is 6.10 Å². The van der Waals surface area contributed by atoms with Crippen LogP contribution in [-0.4, -0.2) is 44.8 Å².